The van der Waals surface area contributed by atoms with Crippen molar-refractivity contribution in [2.75, 3.05) is 13.7 Å². The Hall–Kier alpha value is -3.13. The zero-order chi connectivity index (χ0) is 23.7. The lowest BCUT2D eigenvalue weighted by Gasteiger charge is -2.27. The van der Waals surface area contributed by atoms with Gasteiger partial charge in [-0.2, -0.15) is 4.39 Å². The molecule has 0 heterocycles. The summed E-state index contributed by atoms with van der Waals surface area (Å²) in [6, 6.07) is 8.79. The van der Waals surface area contributed by atoms with Crippen molar-refractivity contribution in [3.8, 4) is 11.5 Å². The van der Waals surface area contributed by atoms with Gasteiger partial charge in [0.25, 0.3) is 6.01 Å². The fourth-order valence-corrected chi connectivity index (χ4v) is 3.07. The number of ether oxygens (including phenoxy) is 4. The number of hydrogen-bond donors (Lipinski definition) is 1. The molecule has 174 valence electrons. The molecular formula is C24H29F2NO5. The van der Waals surface area contributed by atoms with Gasteiger partial charge in [0.1, 0.15) is 17.3 Å². The number of nitrogens with two attached hydrogens (primary N) is 1. The Balaban J connectivity index is 2.45. The van der Waals surface area contributed by atoms with Crippen LogP contribution in [0, 0.1) is 5.82 Å². The molecule has 0 bridgehead atoms. The molecular weight excluding hydrogens is 420 g/mol. The van der Waals surface area contributed by atoms with E-state index in [0.29, 0.717) is 16.9 Å². The van der Waals surface area contributed by atoms with Gasteiger partial charge >= 0.3 is 5.97 Å². The second-order valence-corrected chi connectivity index (χ2v) is 6.97. The van der Waals surface area contributed by atoms with Crippen molar-refractivity contribution in [2.45, 2.75) is 45.9 Å². The van der Waals surface area contributed by atoms with Gasteiger partial charge in [0.05, 0.1) is 26.1 Å². The monoisotopic (exact) mass is 449 g/mol. The van der Waals surface area contributed by atoms with Crippen LogP contribution in [0.3, 0.4) is 0 Å². The summed E-state index contributed by atoms with van der Waals surface area (Å²) in [6.07, 6.45) is -0.195. The normalized spacial score (nSPS) is 13.3. The number of rotatable bonds is 11. The Labute approximate surface area is 186 Å². The van der Waals surface area contributed by atoms with E-state index in [2.05, 4.69) is 0 Å². The smallest absolute Gasteiger partial charge is 0.310 e. The molecule has 0 spiro atoms. The third-order valence-corrected chi connectivity index (χ3v) is 4.84. The lowest BCUT2D eigenvalue weighted by Crippen LogP contribution is -2.28. The van der Waals surface area contributed by atoms with E-state index < -0.39 is 30.0 Å². The zero-order valence-electron chi connectivity index (χ0n) is 18.7. The first kappa shape index (κ1) is 25.1. The Morgan fingerprint density at radius 1 is 1.22 bits per heavy atom. The second-order valence-electron chi connectivity index (χ2n) is 6.97. The first-order chi connectivity index (χ1) is 15.3. The van der Waals surface area contributed by atoms with Crippen LogP contribution in [0.25, 0.3) is 0 Å². The summed E-state index contributed by atoms with van der Waals surface area (Å²) in [5.41, 5.74) is 6.69. The van der Waals surface area contributed by atoms with Gasteiger partial charge in [0.15, 0.2) is 0 Å². The predicted octanol–water partition coefficient (Wildman–Crippen LogP) is 4.75. The van der Waals surface area contributed by atoms with Gasteiger partial charge in [-0.25, -0.2) is 4.39 Å². The highest BCUT2D eigenvalue weighted by atomic mass is 19.1. The molecule has 0 saturated heterocycles. The fourth-order valence-electron chi connectivity index (χ4n) is 3.07. The van der Waals surface area contributed by atoms with Crippen molar-refractivity contribution in [1.29, 1.82) is 0 Å². The van der Waals surface area contributed by atoms with E-state index in [9.17, 15) is 13.6 Å². The highest BCUT2D eigenvalue weighted by Gasteiger charge is 2.28. The number of hydrogen-bond acceptors (Lipinski definition) is 6. The molecule has 2 unspecified atom stereocenters. The molecule has 0 amide bonds. The van der Waals surface area contributed by atoms with E-state index in [4.69, 9.17) is 24.7 Å². The van der Waals surface area contributed by atoms with Crippen LogP contribution in [0.2, 0.25) is 0 Å². The van der Waals surface area contributed by atoms with Crippen molar-refractivity contribution >= 4 is 5.97 Å². The number of allylic oxidation sites excluding steroid dienone is 1. The highest BCUT2D eigenvalue weighted by Crippen LogP contribution is 2.33. The van der Waals surface area contributed by atoms with Crippen LogP contribution < -0.4 is 15.2 Å². The number of halogens is 2. The lowest BCUT2D eigenvalue weighted by atomic mass is 9.97. The summed E-state index contributed by atoms with van der Waals surface area (Å²) in [6.45, 7) is 5.07. The summed E-state index contributed by atoms with van der Waals surface area (Å²) in [5, 5.41) is 0. The Morgan fingerprint density at radius 3 is 2.59 bits per heavy atom. The molecule has 0 saturated carbocycles. The molecule has 0 fully saturated rings. The minimum atomic E-state index is -1.25. The van der Waals surface area contributed by atoms with Gasteiger partial charge in [0, 0.05) is 23.7 Å². The van der Waals surface area contributed by atoms with Gasteiger partial charge in [-0.05, 0) is 31.6 Å². The van der Waals surface area contributed by atoms with E-state index >= 15 is 0 Å². The molecule has 2 aromatic carbocycles. The van der Waals surface area contributed by atoms with Gasteiger partial charge < -0.3 is 24.7 Å². The van der Waals surface area contributed by atoms with E-state index in [1.807, 2.05) is 0 Å². The lowest BCUT2D eigenvalue weighted by molar-refractivity contribution is -0.142. The van der Waals surface area contributed by atoms with E-state index in [1.165, 1.54) is 14.0 Å². The van der Waals surface area contributed by atoms with Crippen molar-refractivity contribution < 1.29 is 32.5 Å². The topological polar surface area (TPSA) is 80.0 Å². The number of esters is 1. The average Bonchev–Trinajstić information content (AvgIpc) is 2.79. The first-order valence-electron chi connectivity index (χ1n) is 10.3. The Bertz CT molecular complexity index is 948. The van der Waals surface area contributed by atoms with Crippen molar-refractivity contribution in [2.24, 2.45) is 5.73 Å². The maximum absolute atomic E-state index is 14.9. The van der Waals surface area contributed by atoms with Crippen molar-refractivity contribution in [1.82, 2.24) is 0 Å². The standard InChI is InChI=1S/C24H29F2NO5/c1-5-21(25)32-24(15(3)19-9-7-8-17(14-27)23(19)26)31-20-13-18(29-4)11-10-16(20)12-22(28)30-6-2/h5,7-11,13,15,24H,6,12,14,27H2,1-4H3/b21-5-. The molecule has 0 aliphatic heterocycles. The molecule has 6 nitrogen and oxygen atoms in total. The van der Waals surface area contributed by atoms with Crippen LogP contribution in [-0.2, 0) is 27.2 Å². The quantitative estimate of drug-likeness (QED) is 0.303. The molecule has 0 aromatic heterocycles. The maximum Gasteiger partial charge on any atom is 0.310 e. The highest BCUT2D eigenvalue weighted by molar-refractivity contribution is 5.73. The predicted molar refractivity (Wildman–Crippen MR) is 116 cm³/mol. The van der Waals surface area contributed by atoms with Crippen molar-refractivity contribution in [3.63, 3.8) is 0 Å². The summed E-state index contributed by atoms with van der Waals surface area (Å²) >= 11 is 0. The Kier molecular flexibility index (Phi) is 9.46. The molecule has 0 radical (unpaired) electrons. The number of methoxy groups -OCH3 is 1. The number of carbonyl (C=O) groups is 1. The molecule has 32 heavy (non-hydrogen) atoms. The van der Waals surface area contributed by atoms with E-state index in [0.717, 1.165) is 6.08 Å². The summed E-state index contributed by atoms with van der Waals surface area (Å²) in [7, 11) is 1.48. The number of carbonyl (C=O) groups excluding carboxylic acids is 1. The first-order valence-corrected chi connectivity index (χ1v) is 10.3. The van der Waals surface area contributed by atoms with Crippen LogP contribution in [0.4, 0.5) is 8.78 Å². The van der Waals surface area contributed by atoms with Gasteiger partial charge in [-0.3, -0.25) is 4.79 Å². The van der Waals surface area contributed by atoms with Crippen LogP contribution >= 0.6 is 0 Å². The molecule has 0 aliphatic rings. The second kappa shape index (κ2) is 12.0. The van der Waals surface area contributed by atoms with E-state index in [-0.39, 0.29) is 30.9 Å². The van der Waals surface area contributed by atoms with E-state index in [1.54, 1.807) is 50.2 Å². The van der Waals surface area contributed by atoms with Crippen LogP contribution in [-0.4, -0.2) is 26.0 Å². The van der Waals surface area contributed by atoms with Gasteiger partial charge in [-0.1, -0.05) is 31.2 Å². The van der Waals surface area contributed by atoms with Crippen LogP contribution in [0.5, 0.6) is 11.5 Å². The average molecular weight is 449 g/mol. The molecule has 2 atom stereocenters. The molecule has 0 aliphatic carbocycles. The van der Waals surface area contributed by atoms with Crippen LogP contribution in [0.15, 0.2) is 48.5 Å². The van der Waals surface area contributed by atoms with Crippen molar-refractivity contribution in [3.05, 3.63) is 71.0 Å². The maximum atomic E-state index is 14.9. The molecule has 2 rings (SSSR count). The zero-order valence-corrected chi connectivity index (χ0v) is 18.7. The van der Waals surface area contributed by atoms with Gasteiger partial charge in [0.2, 0.25) is 6.29 Å². The molecule has 8 heteroatoms. The van der Waals surface area contributed by atoms with Gasteiger partial charge in [-0.15, -0.1) is 0 Å². The summed E-state index contributed by atoms with van der Waals surface area (Å²) in [5.74, 6) is -0.989. The minimum absolute atomic E-state index is 0.0154. The number of benzene rings is 2. The third-order valence-electron chi connectivity index (χ3n) is 4.84. The summed E-state index contributed by atoms with van der Waals surface area (Å²) in [4.78, 5) is 12.0. The summed E-state index contributed by atoms with van der Waals surface area (Å²) < 4.78 is 50.6. The molecule has 2 aromatic rings. The SMILES string of the molecule is C/C=C(/F)OC(Oc1cc(OC)ccc1CC(=O)OCC)C(C)c1cccc(CN)c1F. The third kappa shape index (κ3) is 6.43. The minimum Gasteiger partial charge on any atom is -0.497 e. The van der Waals surface area contributed by atoms with Crippen LogP contribution in [0.1, 0.15) is 43.4 Å². The molecule has 2 N–H and O–H groups in total. The largest absolute Gasteiger partial charge is 0.497 e. The fraction of sp³-hybridized carbons (Fsp3) is 0.375. The Morgan fingerprint density at radius 2 is 1.97 bits per heavy atom.